The van der Waals surface area contributed by atoms with Crippen molar-refractivity contribution in [1.82, 2.24) is 14.9 Å². The Hall–Kier alpha value is -2.01. The maximum Gasteiger partial charge on any atom is 0.255 e. The van der Waals surface area contributed by atoms with Gasteiger partial charge >= 0.3 is 0 Å². The van der Waals surface area contributed by atoms with Crippen LogP contribution in [0, 0.1) is 0 Å². The molecule has 106 valence electrons. The van der Waals surface area contributed by atoms with Gasteiger partial charge in [-0.2, -0.15) is 0 Å². The van der Waals surface area contributed by atoms with Crippen LogP contribution in [0.5, 0.6) is 0 Å². The third kappa shape index (κ3) is 3.30. The molecule has 0 bridgehead atoms. The third-order valence-corrected chi connectivity index (χ3v) is 3.27. The molecule has 0 atom stereocenters. The van der Waals surface area contributed by atoms with Gasteiger partial charge in [-0.3, -0.25) is 14.8 Å². The molecule has 2 N–H and O–H groups in total. The molecule has 2 rings (SSSR count). The SMILES string of the molecule is CN(CCCCCN)C(=O)c1cccc2nccnc12. The van der Waals surface area contributed by atoms with E-state index < -0.39 is 0 Å². The Morgan fingerprint density at radius 2 is 2.00 bits per heavy atom. The van der Waals surface area contributed by atoms with Gasteiger partial charge in [0, 0.05) is 26.0 Å². The average molecular weight is 272 g/mol. The average Bonchev–Trinajstić information content (AvgIpc) is 2.50. The Morgan fingerprint density at radius 1 is 1.20 bits per heavy atom. The molecule has 1 aromatic carbocycles. The highest BCUT2D eigenvalue weighted by molar-refractivity contribution is 6.04. The molecular weight excluding hydrogens is 252 g/mol. The second-order valence-corrected chi connectivity index (χ2v) is 4.81. The molecule has 0 unspecified atom stereocenters. The topological polar surface area (TPSA) is 72.1 Å². The van der Waals surface area contributed by atoms with Crippen LogP contribution in [0.1, 0.15) is 29.6 Å². The summed E-state index contributed by atoms with van der Waals surface area (Å²) in [4.78, 5) is 22.7. The van der Waals surface area contributed by atoms with E-state index in [9.17, 15) is 4.79 Å². The maximum absolute atomic E-state index is 12.5. The molecule has 2 aromatic rings. The number of hydrogen-bond donors (Lipinski definition) is 1. The van der Waals surface area contributed by atoms with Crippen molar-refractivity contribution in [3.63, 3.8) is 0 Å². The van der Waals surface area contributed by atoms with E-state index in [0.717, 1.165) is 31.3 Å². The van der Waals surface area contributed by atoms with Gasteiger partial charge in [0.05, 0.1) is 11.1 Å². The fraction of sp³-hybridized carbons (Fsp3) is 0.400. The summed E-state index contributed by atoms with van der Waals surface area (Å²) in [6.45, 7) is 1.44. The molecule has 0 saturated carbocycles. The molecule has 5 heteroatoms. The number of aromatic nitrogens is 2. The van der Waals surface area contributed by atoms with Crippen molar-refractivity contribution in [2.75, 3.05) is 20.1 Å². The molecule has 0 spiro atoms. The highest BCUT2D eigenvalue weighted by Crippen LogP contribution is 2.15. The molecule has 0 aliphatic rings. The zero-order chi connectivity index (χ0) is 14.4. The molecule has 0 radical (unpaired) electrons. The van der Waals surface area contributed by atoms with Crippen LogP contribution >= 0.6 is 0 Å². The van der Waals surface area contributed by atoms with E-state index in [4.69, 9.17) is 5.73 Å². The van der Waals surface area contributed by atoms with Gasteiger partial charge in [-0.25, -0.2) is 0 Å². The summed E-state index contributed by atoms with van der Waals surface area (Å²) < 4.78 is 0. The first-order valence-electron chi connectivity index (χ1n) is 6.89. The van der Waals surface area contributed by atoms with Crippen LogP contribution in [0.4, 0.5) is 0 Å². The zero-order valence-electron chi connectivity index (χ0n) is 11.7. The van der Waals surface area contributed by atoms with Crippen molar-refractivity contribution in [2.24, 2.45) is 5.73 Å². The number of rotatable bonds is 6. The molecular formula is C15H20N4O. The van der Waals surface area contributed by atoms with Gasteiger partial charge in [-0.15, -0.1) is 0 Å². The van der Waals surface area contributed by atoms with E-state index in [1.54, 1.807) is 23.4 Å². The number of carbonyl (C=O) groups is 1. The van der Waals surface area contributed by atoms with Gasteiger partial charge in [0.15, 0.2) is 0 Å². The summed E-state index contributed by atoms with van der Waals surface area (Å²) in [6.07, 6.45) is 6.26. The number of carbonyl (C=O) groups excluding carboxylic acids is 1. The van der Waals surface area contributed by atoms with E-state index in [-0.39, 0.29) is 5.91 Å². The standard InChI is InChI=1S/C15H20N4O/c1-19(11-4-2-3-8-16)15(20)12-6-5-7-13-14(12)18-10-9-17-13/h5-7,9-10H,2-4,8,11,16H2,1H3. The third-order valence-electron chi connectivity index (χ3n) is 3.27. The van der Waals surface area contributed by atoms with Crippen LogP contribution < -0.4 is 5.73 Å². The summed E-state index contributed by atoms with van der Waals surface area (Å²) in [5.41, 5.74) is 7.48. The van der Waals surface area contributed by atoms with Crippen LogP contribution in [0.2, 0.25) is 0 Å². The minimum atomic E-state index is -0.0103. The second-order valence-electron chi connectivity index (χ2n) is 4.81. The van der Waals surface area contributed by atoms with Crippen LogP contribution in [-0.4, -0.2) is 40.9 Å². The smallest absolute Gasteiger partial charge is 0.255 e. The lowest BCUT2D eigenvalue weighted by Gasteiger charge is -2.17. The number of amides is 1. The quantitative estimate of drug-likeness (QED) is 0.814. The van der Waals surface area contributed by atoms with E-state index >= 15 is 0 Å². The summed E-state index contributed by atoms with van der Waals surface area (Å²) >= 11 is 0. The highest BCUT2D eigenvalue weighted by Gasteiger charge is 2.15. The molecule has 0 aliphatic heterocycles. The summed E-state index contributed by atoms with van der Waals surface area (Å²) in [7, 11) is 1.82. The van der Waals surface area contributed by atoms with Crippen LogP contribution in [-0.2, 0) is 0 Å². The van der Waals surface area contributed by atoms with Crippen LogP contribution in [0.25, 0.3) is 11.0 Å². The molecule has 0 fully saturated rings. The predicted molar refractivity (Wildman–Crippen MR) is 79.4 cm³/mol. The highest BCUT2D eigenvalue weighted by atomic mass is 16.2. The normalized spacial score (nSPS) is 10.7. The molecule has 0 saturated heterocycles. The van der Waals surface area contributed by atoms with Crippen LogP contribution in [0.3, 0.4) is 0 Å². The van der Waals surface area contributed by atoms with Gasteiger partial charge in [0.25, 0.3) is 5.91 Å². The van der Waals surface area contributed by atoms with E-state index in [1.165, 1.54) is 0 Å². The lowest BCUT2D eigenvalue weighted by atomic mass is 10.1. The first kappa shape index (κ1) is 14.4. The minimum absolute atomic E-state index is 0.0103. The number of para-hydroxylation sites is 1. The van der Waals surface area contributed by atoms with Crippen molar-refractivity contribution in [1.29, 1.82) is 0 Å². The van der Waals surface area contributed by atoms with Crippen molar-refractivity contribution in [3.05, 3.63) is 36.2 Å². The second kappa shape index (κ2) is 6.96. The predicted octanol–water partition coefficient (Wildman–Crippen LogP) is 1.83. The maximum atomic E-state index is 12.5. The first-order valence-corrected chi connectivity index (χ1v) is 6.89. The number of nitrogens with zero attached hydrogens (tertiary/aromatic N) is 3. The van der Waals surface area contributed by atoms with Crippen molar-refractivity contribution >= 4 is 16.9 Å². The molecule has 0 aliphatic carbocycles. The monoisotopic (exact) mass is 272 g/mol. The number of nitrogens with two attached hydrogens (primary N) is 1. The Balaban J connectivity index is 2.10. The Labute approximate surface area is 118 Å². The molecule has 1 aromatic heterocycles. The van der Waals surface area contributed by atoms with Gasteiger partial charge < -0.3 is 10.6 Å². The minimum Gasteiger partial charge on any atom is -0.342 e. The molecule has 1 amide bonds. The van der Waals surface area contributed by atoms with Crippen molar-refractivity contribution in [3.8, 4) is 0 Å². The van der Waals surface area contributed by atoms with Gasteiger partial charge in [-0.1, -0.05) is 12.5 Å². The zero-order valence-corrected chi connectivity index (χ0v) is 11.7. The van der Waals surface area contributed by atoms with Gasteiger partial charge in [0.2, 0.25) is 0 Å². The van der Waals surface area contributed by atoms with E-state index in [2.05, 4.69) is 9.97 Å². The Morgan fingerprint density at radius 3 is 2.80 bits per heavy atom. The van der Waals surface area contributed by atoms with Crippen molar-refractivity contribution in [2.45, 2.75) is 19.3 Å². The Bertz CT molecular complexity index is 580. The van der Waals surface area contributed by atoms with Crippen LogP contribution in [0.15, 0.2) is 30.6 Å². The van der Waals surface area contributed by atoms with Gasteiger partial charge in [0.1, 0.15) is 5.52 Å². The fourth-order valence-corrected chi connectivity index (χ4v) is 2.14. The lowest BCUT2D eigenvalue weighted by molar-refractivity contribution is 0.0794. The van der Waals surface area contributed by atoms with E-state index in [1.807, 2.05) is 19.2 Å². The number of fused-ring (bicyclic) bond motifs is 1. The largest absolute Gasteiger partial charge is 0.342 e. The number of benzene rings is 1. The molecule has 5 nitrogen and oxygen atoms in total. The van der Waals surface area contributed by atoms with E-state index in [0.29, 0.717) is 17.6 Å². The molecule has 20 heavy (non-hydrogen) atoms. The summed E-state index contributed by atoms with van der Waals surface area (Å²) in [5.74, 6) is -0.0103. The van der Waals surface area contributed by atoms with Gasteiger partial charge in [-0.05, 0) is 31.5 Å². The first-order chi connectivity index (χ1) is 9.74. The summed E-state index contributed by atoms with van der Waals surface area (Å²) in [6, 6.07) is 5.50. The number of unbranched alkanes of at least 4 members (excludes halogenated alkanes) is 2. The molecule has 1 heterocycles. The fourth-order valence-electron chi connectivity index (χ4n) is 2.14. The summed E-state index contributed by atoms with van der Waals surface area (Å²) in [5, 5.41) is 0. The number of hydrogen-bond acceptors (Lipinski definition) is 4. The lowest BCUT2D eigenvalue weighted by Crippen LogP contribution is -2.28. The Kier molecular flexibility index (Phi) is 5.01. The van der Waals surface area contributed by atoms with Crippen molar-refractivity contribution < 1.29 is 4.79 Å².